The van der Waals surface area contributed by atoms with Crippen molar-refractivity contribution in [3.05, 3.63) is 97.2 Å². The molecule has 0 amide bonds. The number of aliphatic hydroxyl groups excluding tert-OH is 1. The van der Waals surface area contributed by atoms with Gasteiger partial charge in [0.25, 0.3) is 0 Å². The van der Waals surface area contributed by atoms with Crippen LogP contribution in [-0.4, -0.2) is 96.7 Å². The van der Waals surface area contributed by atoms with E-state index in [9.17, 15) is 43.2 Å². The molecule has 0 aromatic heterocycles. The van der Waals surface area contributed by atoms with Gasteiger partial charge in [-0.05, 0) is 103 Å². The molecule has 5 unspecified atom stereocenters. The predicted molar refractivity (Wildman–Crippen MR) is 390 cm³/mol. The van der Waals surface area contributed by atoms with Gasteiger partial charge in [0.05, 0.1) is 26.4 Å². The van der Waals surface area contributed by atoms with Crippen molar-refractivity contribution >= 4 is 39.5 Å². The summed E-state index contributed by atoms with van der Waals surface area (Å²) in [6.45, 7) is 4.59. The molecule has 0 spiro atoms. The number of esters is 4. The van der Waals surface area contributed by atoms with Crippen molar-refractivity contribution in [2.45, 2.75) is 329 Å². The molecule has 0 radical (unpaired) electrons. The van der Waals surface area contributed by atoms with Gasteiger partial charge in [-0.15, -0.1) is 0 Å². The average Bonchev–Trinajstić information content (AvgIpc) is 1.15. The van der Waals surface area contributed by atoms with E-state index in [0.29, 0.717) is 25.7 Å². The van der Waals surface area contributed by atoms with Gasteiger partial charge in [-0.3, -0.25) is 37.3 Å². The maximum absolute atomic E-state index is 13.0. The smallest absolute Gasteiger partial charge is 0.462 e. The summed E-state index contributed by atoms with van der Waals surface area (Å²) in [6.07, 6.45) is 71.2. The molecule has 0 heterocycles. The first-order valence-corrected chi connectivity index (χ1v) is 40.5. The molecule has 17 nitrogen and oxygen atoms in total. The Bertz CT molecular complexity index is 2200. The summed E-state index contributed by atoms with van der Waals surface area (Å²) in [5.74, 6) is -2.22. The highest BCUT2D eigenvalue weighted by molar-refractivity contribution is 7.47. The Balaban J connectivity index is 5.31. The van der Waals surface area contributed by atoms with Crippen LogP contribution in [0, 0.1) is 0 Å². The van der Waals surface area contributed by atoms with Gasteiger partial charge in [0, 0.05) is 25.7 Å². The zero-order valence-corrected chi connectivity index (χ0v) is 62.1. The Kier molecular flexibility index (Phi) is 66.6. The van der Waals surface area contributed by atoms with Crippen molar-refractivity contribution in [1.29, 1.82) is 0 Å². The number of aliphatic hydroxyl groups is 1. The highest BCUT2D eigenvalue weighted by atomic mass is 31.2. The van der Waals surface area contributed by atoms with Gasteiger partial charge in [-0.1, -0.05) is 279 Å². The molecule has 0 bridgehead atoms. The molecule has 96 heavy (non-hydrogen) atoms. The van der Waals surface area contributed by atoms with Gasteiger partial charge >= 0.3 is 39.5 Å². The first-order chi connectivity index (χ1) is 46.7. The van der Waals surface area contributed by atoms with Gasteiger partial charge in [0.15, 0.2) is 12.2 Å². The largest absolute Gasteiger partial charge is 0.472 e. The van der Waals surface area contributed by atoms with Crippen molar-refractivity contribution in [3.8, 4) is 0 Å². The lowest BCUT2D eigenvalue weighted by Gasteiger charge is -2.21. The Labute approximate surface area is 582 Å². The molecule has 0 saturated carbocycles. The average molecular weight is 1390 g/mol. The first kappa shape index (κ1) is 92.0. The van der Waals surface area contributed by atoms with Gasteiger partial charge < -0.3 is 33.8 Å². The zero-order chi connectivity index (χ0) is 70.4. The molecule has 554 valence electrons. The van der Waals surface area contributed by atoms with Crippen LogP contribution in [0.25, 0.3) is 0 Å². The number of carbonyl (C=O) groups is 4. The minimum atomic E-state index is -4.97. The van der Waals surface area contributed by atoms with Gasteiger partial charge in [-0.2, -0.15) is 0 Å². The summed E-state index contributed by atoms with van der Waals surface area (Å²) in [6, 6.07) is 0. The normalized spacial score (nSPS) is 14.5. The fourth-order valence-electron chi connectivity index (χ4n) is 9.91. The number of hydrogen-bond acceptors (Lipinski definition) is 15. The van der Waals surface area contributed by atoms with E-state index in [4.69, 9.17) is 37.0 Å². The molecular weight excluding hydrogens is 1260 g/mol. The van der Waals surface area contributed by atoms with Crippen molar-refractivity contribution < 1.29 is 80.2 Å². The number of carbonyl (C=O) groups excluding carboxylic acids is 4. The molecule has 0 saturated heterocycles. The second kappa shape index (κ2) is 69.5. The molecule has 0 fully saturated rings. The second-order valence-electron chi connectivity index (χ2n) is 24.8. The maximum atomic E-state index is 13.0. The maximum Gasteiger partial charge on any atom is 0.472 e. The number of hydrogen-bond donors (Lipinski definition) is 3. The highest BCUT2D eigenvalue weighted by Gasteiger charge is 2.30. The van der Waals surface area contributed by atoms with Crippen LogP contribution in [0.2, 0.25) is 0 Å². The van der Waals surface area contributed by atoms with E-state index in [0.717, 1.165) is 154 Å². The Morgan fingerprint density at radius 3 is 0.844 bits per heavy atom. The monoisotopic (exact) mass is 1390 g/mol. The molecule has 0 aliphatic carbocycles. The third-order valence-corrected chi connectivity index (χ3v) is 17.5. The molecule has 0 aromatic carbocycles. The summed E-state index contributed by atoms with van der Waals surface area (Å²) in [4.78, 5) is 72.7. The van der Waals surface area contributed by atoms with Gasteiger partial charge in [0.1, 0.15) is 19.3 Å². The van der Waals surface area contributed by atoms with Crippen molar-refractivity contribution in [3.63, 3.8) is 0 Å². The number of phosphoric acid groups is 2. The molecule has 19 heteroatoms. The minimum absolute atomic E-state index is 0.0896. The van der Waals surface area contributed by atoms with Crippen LogP contribution in [0.4, 0.5) is 0 Å². The van der Waals surface area contributed by atoms with Crippen LogP contribution < -0.4 is 0 Å². The Morgan fingerprint density at radius 1 is 0.302 bits per heavy atom. The first-order valence-electron chi connectivity index (χ1n) is 37.5. The quantitative estimate of drug-likeness (QED) is 0.0169. The van der Waals surface area contributed by atoms with Crippen LogP contribution in [0.1, 0.15) is 310 Å². The molecule has 3 N–H and O–H groups in total. The standard InChI is InChI=1S/C77H134O17P2/c1-5-9-13-17-21-25-29-31-33-34-35-36-38-40-44-46-50-54-58-62-75(80)88-68-73(94-77(82)64-60-56-52-48-42-28-24-20-16-12-8-4)70-92-96(85,86)90-66-71(78)65-89-95(83,84)91-69-72(93-76(81)63-59-55-51-47-41-27-23-19-15-11-7-3)67-87-74(79)61-57-53-49-45-43-39-37-32-30-26-22-18-14-10-6-2/h9-10,13-14,21-22,25-26,31-33,35-37,40,44,71-73,78H,5-8,11-12,15-20,23-24,27-30,34,38-39,41-43,45-70H2,1-4H3,(H,83,84)(H,85,86)/b13-9-,14-10-,25-21-,26-22-,33-31-,36-35-,37-32-,44-40-. The molecule has 0 aliphatic rings. The predicted octanol–water partition coefficient (Wildman–Crippen LogP) is 21.2. The third kappa shape index (κ3) is 68.5. The highest BCUT2D eigenvalue weighted by Crippen LogP contribution is 2.45. The summed E-state index contributed by atoms with van der Waals surface area (Å²) < 4.78 is 68.3. The second-order valence-corrected chi connectivity index (χ2v) is 27.7. The topological polar surface area (TPSA) is 237 Å². The van der Waals surface area contributed by atoms with Crippen molar-refractivity contribution in [2.75, 3.05) is 39.6 Å². The summed E-state index contributed by atoms with van der Waals surface area (Å²) >= 11 is 0. The van der Waals surface area contributed by atoms with E-state index in [2.05, 4.69) is 125 Å². The Hall–Kier alpha value is -4.02. The number of phosphoric ester groups is 2. The van der Waals surface area contributed by atoms with E-state index >= 15 is 0 Å². The van der Waals surface area contributed by atoms with E-state index in [1.165, 1.54) is 77.0 Å². The lowest BCUT2D eigenvalue weighted by molar-refractivity contribution is -0.161. The van der Waals surface area contributed by atoms with E-state index in [1.807, 2.05) is 0 Å². The fraction of sp³-hybridized carbons (Fsp3) is 0.740. The molecule has 5 atom stereocenters. The number of unbranched alkanes of at least 4 members (excludes halogenated alkanes) is 28. The van der Waals surface area contributed by atoms with Crippen LogP contribution in [0.5, 0.6) is 0 Å². The lowest BCUT2D eigenvalue weighted by atomic mass is 10.1. The van der Waals surface area contributed by atoms with E-state index < -0.39 is 97.5 Å². The molecule has 0 rings (SSSR count). The number of allylic oxidation sites excluding steroid dienone is 16. The molecular formula is C77H134O17P2. The van der Waals surface area contributed by atoms with Crippen LogP contribution in [0.15, 0.2) is 97.2 Å². The third-order valence-electron chi connectivity index (χ3n) is 15.6. The summed E-state index contributed by atoms with van der Waals surface area (Å²) in [7, 11) is -9.95. The van der Waals surface area contributed by atoms with Crippen LogP contribution in [-0.2, 0) is 65.4 Å². The Morgan fingerprint density at radius 2 is 0.542 bits per heavy atom. The van der Waals surface area contributed by atoms with Gasteiger partial charge in [-0.25, -0.2) is 9.13 Å². The molecule has 0 aromatic rings. The zero-order valence-electron chi connectivity index (χ0n) is 60.3. The van der Waals surface area contributed by atoms with Crippen LogP contribution >= 0.6 is 15.6 Å². The fourth-order valence-corrected chi connectivity index (χ4v) is 11.5. The summed E-state index contributed by atoms with van der Waals surface area (Å²) in [5, 5.41) is 10.6. The van der Waals surface area contributed by atoms with Crippen molar-refractivity contribution in [2.24, 2.45) is 0 Å². The minimum Gasteiger partial charge on any atom is -0.462 e. The lowest BCUT2D eigenvalue weighted by Crippen LogP contribution is -2.30. The number of rotatable bonds is 70. The van der Waals surface area contributed by atoms with E-state index in [-0.39, 0.29) is 25.7 Å². The van der Waals surface area contributed by atoms with Crippen molar-refractivity contribution in [1.82, 2.24) is 0 Å². The summed E-state index contributed by atoms with van der Waals surface area (Å²) in [5.41, 5.74) is 0. The van der Waals surface area contributed by atoms with Gasteiger partial charge in [0.2, 0.25) is 0 Å². The molecule has 0 aliphatic heterocycles. The number of ether oxygens (including phenoxy) is 4. The SMILES string of the molecule is CC/C=C\C/C=C\C/C=C\C/C=C\C/C=C\CCCCCC(=O)OCC(COP(=O)(O)OCC(O)COP(=O)(O)OCC(COC(=O)CCCCCCC/C=C\C/C=C\C/C=C\CC)OC(=O)CCCCCCCCCCCCC)OC(=O)CCCCCCCCCCCCC. The van der Waals surface area contributed by atoms with E-state index in [1.54, 1.807) is 0 Å². The van der Waals surface area contributed by atoms with Crippen LogP contribution in [0.3, 0.4) is 0 Å².